The number of carbonyl (C=O) groups excluding carboxylic acids is 1. The number of piperidine rings is 1. The average molecular weight is 518 g/mol. The second-order valence-corrected chi connectivity index (χ2v) is 10.7. The first-order valence-corrected chi connectivity index (χ1v) is 12.5. The van der Waals surface area contributed by atoms with Crippen LogP contribution in [0.3, 0.4) is 0 Å². The summed E-state index contributed by atoms with van der Waals surface area (Å²) in [7, 11) is 1.86. The predicted octanol–water partition coefficient (Wildman–Crippen LogP) is 4.18. The molecule has 3 aliphatic rings. The number of amides is 1. The third-order valence-corrected chi connectivity index (χ3v) is 8.37. The summed E-state index contributed by atoms with van der Waals surface area (Å²) in [4.78, 5) is 23.7. The van der Waals surface area contributed by atoms with Crippen LogP contribution in [-0.2, 0) is 9.63 Å². The Balaban J connectivity index is 1.50. The van der Waals surface area contributed by atoms with Crippen LogP contribution in [0, 0.1) is 0 Å². The lowest BCUT2D eigenvalue weighted by Gasteiger charge is -2.33. The van der Waals surface area contributed by atoms with Crippen molar-refractivity contribution in [3.63, 3.8) is 0 Å². The summed E-state index contributed by atoms with van der Waals surface area (Å²) in [5.74, 6) is 0.131. The van der Waals surface area contributed by atoms with Crippen molar-refractivity contribution in [3.05, 3.63) is 23.1 Å². The van der Waals surface area contributed by atoms with E-state index >= 15 is 0 Å². The minimum absolute atomic E-state index is 0.0397. The summed E-state index contributed by atoms with van der Waals surface area (Å²) in [5.41, 5.74) is -1.20. The smallest absolute Gasteiger partial charge is 0.389 e. The van der Waals surface area contributed by atoms with Crippen LogP contribution in [0.15, 0.2) is 28.1 Å². The van der Waals surface area contributed by atoms with Gasteiger partial charge in [0.25, 0.3) is 0 Å². The third-order valence-electron chi connectivity index (χ3n) is 6.07. The van der Waals surface area contributed by atoms with Crippen molar-refractivity contribution < 1.29 is 27.2 Å². The number of hydrogen-bond acceptors (Lipinski definition) is 8. The van der Waals surface area contributed by atoms with Gasteiger partial charge in [-0.3, -0.25) is 4.79 Å². The second kappa shape index (κ2) is 9.17. The molecule has 2 saturated heterocycles. The van der Waals surface area contributed by atoms with Gasteiger partial charge >= 0.3 is 5.51 Å². The number of hydrogen-bond donors (Lipinski definition) is 3. The number of rotatable bonds is 5. The van der Waals surface area contributed by atoms with Gasteiger partial charge in [-0.2, -0.15) is 13.2 Å². The van der Waals surface area contributed by atoms with Gasteiger partial charge in [0.05, 0.1) is 21.3 Å². The molecule has 1 amide bonds. The van der Waals surface area contributed by atoms with Gasteiger partial charge in [0, 0.05) is 29.8 Å². The van der Waals surface area contributed by atoms with E-state index in [1.807, 2.05) is 11.9 Å². The molecule has 2 aromatic rings. The summed E-state index contributed by atoms with van der Waals surface area (Å²) >= 11 is 0.978. The van der Waals surface area contributed by atoms with Crippen LogP contribution >= 0.6 is 23.1 Å². The Morgan fingerprint density at radius 2 is 2.15 bits per heavy atom. The van der Waals surface area contributed by atoms with E-state index in [2.05, 4.69) is 21.1 Å². The van der Waals surface area contributed by atoms with Crippen molar-refractivity contribution in [3.8, 4) is 0 Å². The Bertz CT molecular complexity index is 1120. The molecular weight excluding hydrogens is 494 g/mol. The highest BCUT2D eigenvalue weighted by molar-refractivity contribution is 8.00. The molecular formula is C21H23F4N5O2S2. The Labute approximate surface area is 201 Å². The first kappa shape index (κ1) is 23.6. The third kappa shape index (κ3) is 4.83. The van der Waals surface area contributed by atoms with Crippen LogP contribution in [0.4, 0.5) is 23.2 Å². The van der Waals surface area contributed by atoms with Gasteiger partial charge in [-0.1, -0.05) is 12.1 Å². The van der Waals surface area contributed by atoms with Gasteiger partial charge in [0.2, 0.25) is 11.8 Å². The van der Waals surface area contributed by atoms with Gasteiger partial charge in [0.1, 0.15) is 12.2 Å². The number of nitrogens with one attached hydrogen (secondary N) is 3. The van der Waals surface area contributed by atoms with E-state index in [9.17, 15) is 22.4 Å². The second-order valence-electron chi connectivity index (χ2n) is 8.59. The lowest BCUT2D eigenvalue weighted by Crippen LogP contribution is -2.46. The molecule has 0 saturated carbocycles. The molecule has 3 N–H and O–H groups in total. The van der Waals surface area contributed by atoms with E-state index in [0.717, 1.165) is 6.54 Å². The molecule has 0 aliphatic carbocycles. The van der Waals surface area contributed by atoms with Crippen LogP contribution < -0.4 is 16.1 Å². The number of anilines is 1. The fourth-order valence-corrected chi connectivity index (χ4v) is 6.61. The lowest BCUT2D eigenvalue weighted by molar-refractivity contribution is -0.119. The van der Waals surface area contributed by atoms with Crippen LogP contribution in [-0.4, -0.2) is 60.6 Å². The highest BCUT2D eigenvalue weighted by Gasteiger charge is 2.38. The average Bonchev–Trinajstić information content (AvgIpc) is 3.48. The molecule has 7 nitrogen and oxygen atoms in total. The zero-order chi connectivity index (χ0) is 24.0. The van der Waals surface area contributed by atoms with Gasteiger partial charge < -0.3 is 20.4 Å². The number of fused-ring (bicyclic) bond motifs is 1. The number of likely N-dealkylation sites (tertiary alicyclic amines) is 1. The number of alkyl halides is 4. The number of carbonyl (C=O) groups is 1. The van der Waals surface area contributed by atoms with Crippen molar-refractivity contribution in [2.45, 2.75) is 54.1 Å². The molecule has 3 aliphatic heterocycles. The van der Waals surface area contributed by atoms with E-state index in [-0.39, 0.29) is 28.5 Å². The molecule has 13 heteroatoms. The number of benzene rings is 1. The summed E-state index contributed by atoms with van der Waals surface area (Å²) < 4.78 is 55.7. The Kier molecular flexibility index (Phi) is 6.38. The standard InChI is InChI=1S/C21H23F4N5O2S2/c1-30-8-7-12(11(22)9-30)26-13-4-2-3-10-16(13)33-18(17(10)34-21(23,24)25)19-28-20(32-29-19)14-5-6-15(31)27-14/h2-4,11-12,14,19,26,29H,5-9H2,1H3,(H,27,31). The number of thiophene rings is 1. The molecule has 1 aromatic heterocycles. The first-order chi connectivity index (χ1) is 16.2. The molecule has 34 heavy (non-hydrogen) atoms. The zero-order valence-corrected chi connectivity index (χ0v) is 19.7. The van der Waals surface area contributed by atoms with Crippen molar-refractivity contribution in [1.82, 2.24) is 15.7 Å². The van der Waals surface area contributed by atoms with Crippen molar-refractivity contribution in [2.75, 3.05) is 25.5 Å². The molecule has 184 valence electrons. The van der Waals surface area contributed by atoms with E-state index in [4.69, 9.17) is 4.84 Å². The summed E-state index contributed by atoms with van der Waals surface area (Å²) in [6, 6.07) is 4.24. The van der Waals surface area contributed by atoms with E-state index < -0.39 is 29.9 Å². The van der Waals surface area contributed by atoms with Crippen LogP contribution in [0.1, 0.15) is 30.3 Å². The van der Waals surface area contributed by atoms with E-state index in [0.29, 0.717) is 46.5 Å². The van der Waals surface area contributed by atoms with E-state index in [1.54, 1.807) is 18.2 Å². The van der Waals surface area contributed by atoms with Crippen molar-refractivity contribution >= 4 is 50.7 Å². The molecule has 4 heterocycles. The molecule has 5 rings (SSSR count). The maximum Gasteiger partial charge on any atom is 0.446 e. The number of thioether (sulfide) groups is 1. The topological polar surface area (TPSA) is 78.0 Å². The maximum absolute atomic E-state index is 14.6. The number of nitrogens with zero attached hydrogens (tertiary/aromatic N) is 2. The maximum atomic E-state index is 14.6. The van der Waals surface area contributed by atoms with Crippen LogP contribution in [0.25, 0.3) is 10.1 Å². The van der Waals surface area contributed by atoms with Crippen LogP contribution in [0.5, 0.6) is 0 Å². The quantitative estimate of drug-likeness (QED) is 0.408. The summed E-state index contributed by atoms with van der Waals surface area (Å²) in [6.45, 7) is 1.04. The first-order valence-electron chi connectivity index (χ1n) is 10.9. The normalized spacial score (nSPS) is 28.1. The minimum atomic E-state index is -4.50. The molecule has 2 fully saturated rings. The van der Waals surface area contributed by atoms with Gasteiger partial charge in [0.15, 0.2) is 6.17 Å². The minimum Gasteiger partial charge on any atom is -0.389 e. The monoisotopic (exact) mass is 517 g/mol. The molecule has 4 atom stereocenters. The Morgan fingerprint density at radius 3 is 2.85 bits per heavy atom. The van der Waals surface area contributed by atoms with Gasteiger partial charge in [-0.15, -0.1) is 16.8 Å². The van der Waals surface area contributed by atoms with Gasteiger partial charge in [-0.05, 0) is 37.7 Å². The van der Waals surface area contributed by atoms with Gasteiger partial charge in [-0.25, -0.2) is 9.38 Å². The highest BCUT2D eigenvalue weighted by Crippen LogP contribution is 2.50. The van der Waals surface area contributed by atoms with Crippen molar-refractivity contribution in [1.29, 1.82) is 0 Å². The zero-order valence-electron chi connectivity index (χ0n) is 18.1. The Morgan fingerprint density at radius 1 is 1.32 bits per heavy atom. The number of halogens is 4. The van der Waals surface area contributed by atoms with Crippen molar-refractivity contribution in [2.24, 2.45) is 4.99 Å². The largest absolute Gasteiger partial charge is 0.446 e. The molecule has 1 aromatic carbocycles. The molecule has 0 spiro atoms. The molecule has 0 radical (unpaired) electrons. The lowest BCUT2D eigenvalue weighted by atomic mass is 10.0. The fraction of sp³-hybridized carbons (Fsp3) is 0.524. The summed E-state index contributed by atoms with van der Waals surface area (Å²) in [5, 5.41) is 6.40. The predicted molar refractivity (Wildman–Crippen MR) is 124 cm³/mol. The van der Waals surface area contributed by atoms with E-state index in [1.165, 1.54) is 11.3 Å². The highest BCUT2D eigenvalue weighted by atomic mass is 32.2. The fourth-order valence-electron chi connectivity index (χ4n) is 4.42. The number of aliphatic imine (C=N–C) groups is 1. The number of hydroxylamine groups is 1. The SMILES string of the molecule is CN1CCC(Nc2cccc3c(SC(F)(F)F)c(C4N=C(C5CCC(=O)N5)ON4)sc23)C(F)C1. The Hall–Kier alpha value is -2.09. The molecule has 0 bridgehead atoms. The van der Waals surface area contributed by atoms with Crippen LogP contribution in [0.2, 0.25) is 0 Å². The summed E-state index contributed by atoms with van der Waals surface area (Å²) in [6.07, 6.45) is -0.486. The molecule has 4 unspecified atom stereocenters.